The van der Waals surface area contributed by atoms with Gasteiger partial charge in [0.2, 0.25) is 16.3 Å². The lowest BCUT2D eigenvalue weighted by molar-refractivity contribution is -0.153. The van der Waals surface area contributed by atoms with E-state index >= 15 is 0 Å². The van der Waals surface area contributed by atoms with Crippen LogP contribution in [0, 0.1) is 11.3 Å². The van der Waals surface area contributed by atoms with Crippen LogP contribution in [-0.2, 0) is 24.3 Å². The Hall–Kier alpha value is -2.14. The average molecular weight is 539 g/mol. The first-order valence-electron chi connectivity index (χ1n) is 13.1. The summed E-state index contributed by atoms with van der Waals surface area (Å²) in [5.41, 5.74) is -0.109. The van der Waals surface area contributed by atoms with Crippen molar-refractivity contribution >= 4 is 15.9 Å². The number of aliphatic hydroxyl groups excluding tert-OH is 1. The summed E-state index contributed by atoms with van der Waals surface area (Å²) in [6.45, 7) is 6.02. The molecule has 9 nitrogen and oxygen atoms in total. The molecule has 0 radical (unpaired) electrons. The van der Waals surface area contributed by atoms with Crippen LogP contribution < -0.4 is 10.1 Å². The largest absolute Gasteiger partial charge is 0.497 e. The van der Waals surface area contributed by atoms with Gasteiger partial charge in [-0.15, -0.1) is 0 Å². The number of hydrogen-bond donors (Lipinski definition) is 2. The van der Waals surface area contributed by atoms with E-state index in [4.69, 9.17) is 14.2 Å². The van der Waals surface area contributed by atoms with Crippen molar-refractivity contribution in [2.45, 2.75) is 76.5 Å². The van der Waals surface area contributed by atoms with Gasteiger partial charge in [-0.1, -0.05) is 40.0 Å². The highest BCUT2D eigenvalue weighted by atomic mass is 32.2. The molecule has 0 spiro atoms. The third kappa shape index (κ3) is 8.17. The Morgan fingerprint density at radius 2 is 1.81 bits per heavy atom. The molecule has 1 heterocycles. The van der Waals surface area contributed by atoms with Gasteiger partial charge in [-0.2, -0.15) is 4.31 Å². The minimum absolute atomic E-state index is 0.0300. The zero-order valence-electron chi connectivity index (χ0n) is 22.4. The van der Waals surface area contributed by atoms with E-state index in [1.165, 1.54) is 30.0 Å². The summed E-state index contributed by atoms with van der Waals surface area (Å²) in [4.78, 5) is 13.1. The normalized spacial score (nSPS) is 21.3. The maximum atomic E-state index is 13.1. The fourth-order valence-electron chi connectivity index (χ4n) is 4.67. The number of hydrogen-bond acceptors (Lipinski definition) is 7. The number of nitrogens with zero attached hydrogens (tertiary/aromatic N) is 1. The van der Waals surface area contributed by atoms with Gasteiger partial charge in [-0.25, -0.2) is 8.42 Å². The molecule has 2 N–H and O–H groups in total. The van der Waals surface area contributed by atoms with Crippen LogP contribution in [-0.4, -0.2) is 69.5 Å². The Labute approximate surface area is 221 Å². The van der Waals surface area contributed by atoms with Gasteiger partial charge in [-0.3, -0.25) is 4.79 Å². The number of carbonyl (C=O) groups is 1. The highest BCUT2D eigenvalue weighted by molar-refractivity contribution is 7.89. The number of benzene rings is 1. The summed E-state index contributed by atoms with van der Waals surface area (Å²) in [5, 5.41) is 12.6. The van der Waals surface area contributed by atoms with Crippen LogP contribution in [0.15, 0.2) is 41.0 Å². The monoisotopic (exact) mass is 538 g/mol. The first-order valence-corrected chi connectivity index (χ1v) is 14.5. The molecular formula is C27H42N2O7S. The zero-order valence-corrected chi connectivity index (χ0v) is 23.3. The molecule has 1 amide bonds. The summed E-state index contributed by atoms with van der Waals surface area (Å²) >= 11 is 0. The fraction of sp³-hybridized carbons (Fsp3) is 0.667. The van der Waals surface area contributed by atoms with Gasteiger partial charge in [0.15, 0.2) is 5.76 Å². The Bertz CT molecular complexity index is 1010. The second-order valence-electron chi connectivity index (χ2n) is 10.8. The molecule has 1 aliphatic heterocycles. The van der Waals surface area contributed by atoms with E-state index < -0.39 is 16.3 Å². The lowest BCUT2D eigenvalue weighted by Gasteiger charge is -2.36. The maximum Gasteiger partial charge on any atom is 0.286 e. The highest BCUT2D eigenvalue weighted by Gasteiger charge is 2.35. The van der Waals surface area contributed by atoms with Crippen LogP contribution in [0.4, 0.5) is 0 Å². The van der Waals surface area contributed by atoms with Gasteiger partial charge in [0.25, 0.3) is 5.91 Å². The topological polar surface area (TPSA) is 114 Å². The number of carbonyl (C=O) groups excluding carboxylic acids is 1. The Balaban J connectivity index is 1.64. The van der Waals surface area contributed by atoms with Gasteiger partial charge in [0.05, 0.1) is 25.2 Å². The lowest BCUT2D eigenvalue weighted by Crippen LogP contribution is -2.41. The Morgan fingerprint density at radius 3 is 2.41 bits per heavy atom. The summed E-state index contributed by atoms with van der Waals surface area (Å²) in [6, 6.07) is 6.26. The maximum absolute atomic E-state index is 13.1. The third-order valence-electron chi connectivity index (χ3n) is 7.02. The quantitative estimate of drug-likeness (QED) is 0.444. The molecule has 1 fully saturated rings. The number of allylic oxidation sites excluding steroid dienone is 1. The average Bonchev–Trinajstić information content (AvgIpc) is 2.88. The Kier molecular flexibility index (Phi) is 10.4. The van der Waals surface area contributed by atoms with E-state index in [0.29, 0.717) is 12.2 Å². The van der Waals surface area contributed by atoms with E-state index in [2.05, 4.69) is 26.1 Å². The van der Waals surface area contributed by atoms with E-state index in [-0.39, 0.29) is 60.2 Å². The van der Waals surface area contributed by atoms with Crippen LogP contribution >= 0.6 is 0 Å². The second kappa shape index (κ2) is 13.1. The van der Waals surface area contributed by atoms with Gasteiger partial charge in [-0.05, 0) is 54.5 Å². The van der Waals surface area contributed by atoms with Gasteiger partial charge in [0, 0.05) is 25.6 Å². The number of methoxy groups -OCH3 is 1. The molecule has 3 rings (SSSR count). The van der Waals surface area contributed by atoms with Crippen molar-refractivity contribution in [1.82, 2.24) is 9.62 Å². The fourth-order valence-corrected chi connectivity index (χ4v) is 6.09. The summed E-state index contributed by atoms with van der Waals surface area (Å²) in [5.74, 6) is 0.642. The Morgan fingerprint density at radius 1 is 1.14 bits per heavy atom. The van der Waals surface area contributed by atoms with Crippen molar-refractivity contribution in [2.24, 2.45) is 11.3 Å². The zero-order chi connectivity index (χ0) is 27.1. The summed E-state index contributed by atoms with van der Waals surface area (Å²) < 4.78 is 44.5. The van der Waals surface area contributed by atoms with Crippen molar-refractivity contribution < 1.29 is 32.5 Å². The molecule has 37 heavy (non-hydrogen) atoms. The van der Waals surface area contributed by atoms with Gasteiger partial charge < -0.3 is 24.6 Å². The van der Waals surface area contributed by atoms with Crippen LogP contribution in [0.1, 0.15) is 59.3 Å². The van der Waals surface area contributed by atoms with Crippen molar-refractivity contribution in [3.05, 3.63) is 36.1 Å². The number of sulfonamides is 1. The van der Waals surface area contributed by atoms with Crippen LogP contribution in [0.2, 0.25) is 0 Å². The second-order valence-corrected chi connectivity index (χ2v) is 12.7. The molecule has 0 bridgehead atoms. The predicted octanol–water partition coefficient (Wildman–Crippen LogP) is 3.44. The highest BCUT2D eigenvalue weighted by Crippen LogP contribution is 2.36. The number of aliphatic hydroxyl groups is 1. The minimum Gasteiger partial charge on any atom is -0.497 e. The molecule has 1 aromatic rings. The van der Waals surface area contributed by atoms with Gasteiger partial charge in [0.1, 0.15) is 5.75 Å². The molecule has 10 heteroatoms. The van der Waals surface area contributed by atoms with Crippen LogP contribution in [0.25, 0.3) is 0 Å². The molecule has 208 valence electrons. The first-order chi connectivity index (χ1) is 17.5. The van der Waals surface area contributed by atoms with Crippen LogP contribution in [0.3, 0.4) is 0 Å². The summed E-state index contributed by atoms with van der Waals surface area (Å²) in [7, 11) is -2.33. The van der Waals surface area contributed by atoms with Crippen LogP contribution in [0.5, 0.6) is 5.75 Å². The smallest absolute Gasteiger partial charge is 0.286 e. The molecule has 1 aromatic carbocycles. The number of nitrogens with one attached hydrogen (secondary N) is 1. The molecule has 2 atom stereocenters. The number of rotatable bonds is 11. The number of amides is 1. The molecule has 1 saturated carbocycles. The SMILES string of the molecule is COc1ccc(S(=O)(=O)N(CCO)CCO[C@H]2C[C@@H](C(C)(C)C)C=C(C(=O)NC3CCCCC3)O2)cc1. The van der Waals surface area contributed by atoms with Crippen molar-refractivity contribution in [3.63, 3.8) is 0 Å². The van der Waals surface area contributed by atoms with E-state index in [1.54, 1.807) is 12.1 Å². The molecule has 1 aliphatic carbocycles. The van der Waals surface area contributed by atoms with Crippen molar-refractivity contribution in [1.29, 1.82) is 0 Å². The third-order valence-corrected chi connectivity index (χ3v) is 8.94. The summed E-state index contributed by atoms with van der Waals surface area (Å²) in [6.07, 6.45) is 7.15. The molecule has 2 aliphatic rings. The molecule has 0 saturated heterocycles. The molecule has 0 aromatic heterocycles. The molecular weight excluding hydrogens is 496 g/mol. The van der Waals surface area contributed by atoms with Crippen molar-refractivity contribution in [3.8, 4) is 5.75 Å². The number of ether oxygens (including phenoxy) is 3. The van der Waals surface area contributed by atoms with E-state index in [1.807, 2.05) is 6.08 Å². The standard InChI is InChI=1S/C27H42N2O7S/c1-27(2,3)20-18-24(26(31)28-21-8-6-5-7-9-21)36-25(19-20)35-17-15-29(14-16-30)37(32,33)23-12-10-22(34-4)11-13-23/h10-13,18,20-21,25,30H,5-9,14-17,19H2,1-4H3,(H,28,31)/t20-,25+/m0/s1. The predicted molar refractivity (Wildman–Crippen MR) is 140 cm³/mol. The van der Waals surface area contributed by atoms with E-state index in [9.17, 15) is 18.3 Å². The van der Waals surface area contributed by atoms with E-state index in [0.717, 1.165) is 25.7 Å². The lowest BCUT2D eigenvalue weighted by atomic mass is 9.77. The molecule has 0 unspecified atom stereocenters. The minimum atomic E-state index is -3.84. The van der Waals surface area contributed by atoms with Gasteiger partial charge >= 0.3 is 0 Å². The first kappa shape index (κ1) is 29.4. The van der Waals surface area contributed by atoms with Crippen molar-refractivity contribution in [2.75, 3.05) is 33.4 Å².